The maximum atomic E-state index is 12.7. The van der Waals surface area contributed by atoms with Gasteiger partial charge in [-0.25, -0.2) is 9.59 Å². The molecule has 182 valence electrons. The van der Waals surface area contributed by atoms with Crippen molar-refractivity contribution < 1.29 is 28.7 Å². The van der Waals surface area contributed by atoms with Gasteiger partial charge in [-0.15, -0.1) is 0 Å². The molecule has 2 rings (SSSR count). The highest BCUT2D eigenvalue weighted by atomic mass is 16.6. The molecule has 0 aliphatic rings. The number of carbonyl (C=O) groups excluding carboxylic acids is 4. The molecule has 2 aromatic carbocycles. The first-order chi connectivity index (χ1) is 15.8. The van der Waals surface area contributed by atoms with E-state index in [1.807, 2.05) is 27.7 Å². The lowest BCUT2D eigenvalue weighted by atomic mass is 9.96. The van der Waals surface area contributed by atoms with E-state index in [2.05, 4.69) is 0 Å². The Morgan fingerprint density at radius 1 is 0.559 bits per heavy atom. The van der Waals surface area contributed by atoms with Crippen molar-refractivity contribution >= 4 is 23.5 Å². The predicted molar refractivity (Wildman–Crippen MR) is 130 cm³/mol. The SMILES string of the molecule is Cc1ccc(C(=O)C(=O)OC(C)C(C)C(C)OC(=O)C(=O)c2ccc(C)c(C)c2C)c(C)c1C. The number of ether oxygens (including phenoxy) is 2. The monoisotopic (exact) mass is 466 g/mol. The minimum Gasteiger partial charge on any atom is -0.456 e. The van der Waals surface area contributed by atoms with Crippen molar-refractivity contribution in [1.29, 1.82) is 0 Å². The predicted octanol–water partition coefficient (Wildman–Crippen LogP) is 5.10. The molecule has 0 spiro atoms. The molecule has 0 saturated heterocycles. The molecule has 0 heterocycles. The highest BCUT2D eigenvalue weighted by molar-refractivity contribution is 6.41. The summed E-state index contributed by atoms with van der Waals surface area (Å²) in [6, 6.07) is 6.84. The number of Topliss-reactive ketones (excluding diaryl/α,β-unsaturated/α-hetero) is 2. The zero-order valence-electron chi connectivity index (χ0n) is 21.5. The first-order valence-electron chi connectivity index (χ1n) is 11.4. The van der Waals surface area contributed by atoms with Crippen molar-refractivity contribution in [1.82, 2.24) is 0 Å². The van der Waals surface area contributed by atoms with Gasteiger partial charge in [0, 0.05) is 17.0 Å². The van der Waals surface area contributed by atoms with Crippen molar-refractivity contribution in [2.24, 2.45) is 5.92 Å². The topological polar surface area (TPSA) is 86.7 Å². The summed E-state index contributed by atoms with van der Waals surface area (Å²) < 4.78 is 10.8. The number of aryl methyl sites for hydroxylation is 2. The van der Waals surface area contributed by atoms with Gasteiger partial charge in [0.2, 0.25) is 0 Å². The molecular weight excluding hydrogens is 432 g/mol. The zero-order chi connectivity index (χ0) is 25.9. The van der Waals surface area contributed by atoms with Crippen LogP contribution in [0.15, 0.2) is 24.3 Å². The molecular formula is C28H34O6. The summed E-state index contributed by atoms with van der Waals surface area (Å²) >= 11 is 0. The first kappa shape index (κ1) is 27.0. The molecule has 2 unspecified atom stereocenters. The highest BCUT2D eigenvalue weighted by Crippen LogP contribution is 2.22. The third-order valence-electron chi connectivity index (χ3n) is 7.04. The van der Waals surface area contributed by atoms with Crippen LogP contribution in [0.1, 0.15) is 74.9 Å². The van der Waals surface area contributed by atoms with E-state index in [0.717, 1.165) is 33.4 Å². The quantitative estimate of drug-likeness (QED) is 0.306. The summed E-state index contributed by atoms with van der Waals surface area (Å²) in [6.45, 7) is 16.2. The number of esters is 2. The number of hydrogen-bond donors (Lipinski definition) is 0. The van der Waals surface area contributed by atoms with Crippen LogP contribution in [0.3, 0.4) is 0 Å². The van der Waals surface area contributed by atoms with E-state index in [4.69, 9.17) is 9.47 Å². The summed E-state index contributed by atoms with van der Waals surface area (Å²) in [5, 5.41) is 0. The van der Waals surface area contributed by atoms with Gasteiger partial charge < -0.3 is 9.47 Å². The Bertz CT molecular complexity index is 1050. The van der Waals surface area contributed by atoms with Crippen LogP contribution >= 0.6 is 0 Å². The van der Waals surface area contributed by atoms with Gasteiger partial charge in [0.15, 0.2) is 0 Å². The van der Waals surface area contributed by atoms with E-state index in [1.54, 1.807) is 58.9 Å². The third kappa shape index (κ3) is 5.61. The number of hydrogen-bond acceptors (Lipinski definition) is 6. The van der Waals surface area contributed by atoms with Gasteiger partial charge in [0.1, 0.15) is 12.2 Å². The van der Waals surface area contributed by atoms with Crippen LogP contribution in [0.25, 0.3) is 0 Å². The van der Waals surface area contributed by atoms with Crippen LogP contribution in [-0.4, -0.2) is 35.7 Å². The van der Waals surface area contributed by atoms with Crippen molar-refractivity contribution in [2.45, 2.75) is 74.5 Å². The minimum absolute atomic E-state index is 0.307. The molecule has 2 atom stereocenters. The second-order valence-electron chi connectivity index (χ2n) is 9.10. The van der Waals surface area contributed by atoms with Gasteiger partial charge in [0.05, 0.1) is 0 Å². The summed E-state index contributed by atoms with van der Waals surface area (Å²) in [7, 11) is 0. The fourth-order valence-corrected chi connectivity index (χ4v) is 3.67. The smallest absolute Gasteiger partial charge is 0.379 e. The fraction of sp³-hybridized carbons (Fsp3) is 0.429. The van der Waals surface area contributed by atoms with Crippen molar-refractivity contribution in [2.75, 3.05) is 0 Å². The molecule has 0 saturated carbocycles. The van der Waals surface area contributed by atoms with Crippen LogP contribution in [-0.2, 0) is 19.1 Å². The van der Waals surface area contributed by atoms with Crippen molar-refractivity contribution in [3.63, 3.8) is 0 Å². The average molecular weight is 467 g/mol. The van der Waals surface area contributed by atoms with Gasteiger partial charge in [-0.2, -0.15) is 0 Å². The molecule has 34 heavy (non-hydrogen) atoms. The van der Waals surface area contributed by atoms with E-state index in [-0.39, 0.29) is 0 Å². The lowest BCUT2D eigenvalue weighted by Crippen LogP contribution is -2.36. The fourth-order valence-electron chi connectivity index (χ4n) is 3.67. The number of benzene rings is 2. The Hall–Kier alpha value is -3.28. The number of ketones is 2. The molecule has 6 nitrogen and oxygen atoms in total. The highest BCUT2D eigenvalue weighted by Gasteiger charge is 2.31. The molecule has 0 fully saturated rings. The standard InChI is InChI=1S/C28H34O6/c1-14-10-12-23(18(5)16(14)3)25(29)27(31)33-21(8)20(7)22(9)34-28(32)26(30)24-13-11-15(2)17(4)19(24)6/h10-13,20-22H,1-9H3. The lowest BCUT2D eigenvalue weighted by Gasteiger charge is -2.25. The molecule has 0 radical (unpaired) electrons. The van der Waals surface area contributed by atoms with Crippen LogP contribution in [0.5, 0.6) is 0 Å². The van der Waals surface area contributed by atoms with Gasteiger partial charge in [-0.05, 0) is 88.8 Å². The van der Waals surface area contributed by atoms with E-state index < -0.39 is 41.6 Å². The third-order valence-corrected chi connectivity index (χ3v) is 7.04. The molecule has 6 heteroatoms. The summed E-state index contributed by atoms with van der Waals surface area (Å²) in [6.07, 6.45) is -1.44. The second kappa shape index (κ2) is 10.8. The molecule has 0 amide bonds. The first-order valence-corrected chi connectivity index (χ1v) is 11.4. The van der Waals surface area contributed by atoms with Gasteiger partial charge in [0.25, 0.3) is 11.6 Å². The Balaban J connectivity index is 2.04. The Morgan fingerprint density at radius 2 is 0.882 bits per heavy atom. The molecule has 0 aromatic heterocycles. The van der Waals surface area contributed by atoms with E-state index in [1.165, 1.54) is 0 Å². The van der Waals surface area contributed by atoms with Crippen LogP contribution in [0.4, 0.5) is 0 Å². The summed E-state index contributed by atoms with van der Waals surface area (Å²) in [5.41, 5.74) is 6.06. The molecule has 2 aromatic rings. The van der Waals surface area contributed by atoms with Gasteiger partial charge >= 0.3 is 11.9 Å². The van der Waals surface area contributed by atoms with E-state index in [0.29, 0.717) is 11.1 Å². The van der Waals surface area contributed by atoms with Crippen molar-refractivity contribution in [3.8, 4) is 0 Å². The Kier molecular flexibility index (Phi) is 8.54. The summed E-state index contributed by atoms with van der Waals surface area (Å²) in [4.78, 5) is 50.3. The van der Waals surface area contributed by atoms with Gasteiger partial charge in [-0.1, -0.05) is 31.2 Å². The second-order valence-corrected chi connectivity index (χ2v) is 9.10. The zero-order valence-corrected chi connectivity index (χ0v) is 21.5. The Morgan fingerprint density at radius 3 is 1.21 bits per heavy atom. The molecule has 0 bridgehead atoms. The largest absolute Gasteiger partial charge is 0.456 e. The average Bonchev–Trinajstić information content (AvgIpc) is 2.79. The molecule has 0 aliphatic carbocycles. The normalized spacial score (nSPS) is 13.6. The Labute approximate surface area is 201 Å². The maximum Gasteiger partial charge on any atom is 0.379 e. The molecule has 0 aliphatic heterocycles. The van der Waals surface area contributed by atoms with Crippen LogP contribution in [0, 0.1) is 47.5 Å². The van der Waals surface area contributed by atoms with Gasteiger partial charge in [-0.3, -0.25) is 9.59 Å². The lowest BCUT2D eigenvalue weighted by molar-refractivity contribution is -0.153. The minimum atomic E-state index is -0.967. The van der Waals surface area contributed by atoms with Crippen LogP contribution in [0.2, 0.25) is 0 Å². The summed E-state index contributed by atoms with van der Waals surface area (Å²) in [5.74, 6) is -3.82. The van der Waals surface area contributed by atoms with E-state index >= 15 is 0 Å². The number of rotatable bonds is 8. The van der Waals surface area contributed by atoms with Crippen LogP contribution < -0.4 is 0 Å². The van der Waals surface area contributed by atoms with E-state index in [9.17, 15) is 19.2 Å². The molecule has 0 N–H and O–H groups in total. The number of carbonyl (C=O) groups is 4. The maximum absolute atomic E-state index is 12.7. The van der Waals surface area contributed by atoms with Crippen molar-refractivity contribution in [3.05, 3.63) is 68.8 Å².